The van der Waals surface area contributed by atoms with E-state index in [1.165, 1.54) is 0 Å². The van der Waals surface area contributed by atoms with Crippen LogP contribution in [0.1, 0.15) is 82.3 Å². The van der Waals surface area contributed by atoms with E-state index in [1.54, 1.807) is 0 Å². The number of nitriles is 1. The van der Waals surface area contributed by atoms with Gasteiger partial charge in [-0.3, -0.25) is 4.79 Å². The van der Waals surface area contributed by atoms with Crippen molar-refractivity contribution in [3.05, 3.63) is 35.9 Å². The fourth-order valence-corrected chi connectivity index (χ4v) is 7.86. The third kappa shape index (κ3) is 5.45. The molecular formula is C31H39N3O5S. The summed E-state index contributed by atoms with van der Waals surface area (Å²) in [6.07, 6.45) is 7.39. The number of Topliss-reactive ketones (excluding diaryl/α,β-unsaturated/α-hetero) is 1. The molecule has 1 aromatic heterocycles. The van der Waals surface area contributed by atoms with Crippen molar-refractivity contribution in [3.8, 4) is 17.3 Å². The van der Waals surface area contributed by atoms with Crippen molar-refractivity contribution < 1.29 is 22.4 Å². The lowest BCUT2D eigenvalue weighted by atomic mass is 9.73. The molecule has 2 aromatic rings. The summed E-state index contributed by atoms with van der Waals surface area (Å²) in [5.41, 5.74) is 2.07. The minimum Gasteiger partial charge on any atom is -0.444 e. The number of benzene rings is 1. The number of sulfone groups is 1. The molecule has 2 saturated heterocycles. The van der Waals surface area contributed by atoms with Gasteiger partial charge in [0.2, 0.25) is 5.89 Å². The average molecular weight is 566 g/mol. The highest BCUT2D eigenvalue weighted by molar-refractivity contribution is 7.91. The lowest BCUT2D eigenvalue weighted by Gasteiger charge is -2.31. The summed E-state index contributed by atoms with van der Waals surface area (Å²) in [6, 6.07) is 10.6. The van der Waals surface area contributed by atoms with Gasteiger partial charge in [0.15, 0.2) is 9.84 Å². The van der Waals surface area contributed by atoms with Crippen LogP contribution in [0.4, 0.5) is 5.69 Å². The molecule has 0 bridgehead atoms. The Morgan fingerprint density at radius 2 is 1.75 bits per heavy atom. The first kappa shape index (κ1) is 27.5. The minimum atomic E-state index is -2.95. The predicted octanol–water partition coefficient (Wildman–Crippen LogP) is 5.18. The third-order valence-electron chi connectivity index (χ3n) is 9.74. The molecule has 0 spiro atoms. The van der Waals surface area contributed by atoms with Crippen molar-refractivity contribution in [2.24, 2.45) is 11.3 Å². The van der Waals surface area contributed by atoms with E-state index in [0.29, 0.717) is 32.7 Å². The third-order valence-corrected chi connectivity index (χ3v) is 11.3. The number of carbonyl (C=O) groups excluding carboxylic acids is 1. The molecule has 214 valence electrons. The molecule has 8 nitrogen and oxygen atoms in total. The number of rotatable bonds is 7. The average Bonchev–Trinajstić information content (AvgIpc) is 3.59. The smallest absolute Gasteiger partial charge is 0.201 e. The van der Waals surface area contributed by atoms with Gasteiger partial charge in [-0.05, 0) is 50.7 Å². The Bertz CT molecular complexity index is 1380. The Kier molecular flexibility index (Phi) is 7.28. The van der Waals surface area contributed by atoms with Crippen LogP contribution in [0.25, 0.3) is 11.3 Å². The maximum absolute atomic E-state index is 13.6. The van der Waals surface area contributed by atoms with Crippen molar-refractivity contribution in [3.63, 3.8) is 0 Å². The zero-order chi connectivity index (χ0) is 28.0. The van der Waals surface area contributed by atoms with Gasteiger partial charge < -0.3 is 14.1 Å². The maximum Gasteiger partial charge on any atom is 0.201 e. The number of oxazole rings is 1. The topological polar surface area (TPSA) is 114 Å². The zero-order valence-corrected chi connectivity index (χ0v) is 24.2. The highest BCUT2D eigenvalue weighted by Crippen LogP contribution is 2.51. The molecule has 2 atom stereocenters. The first-order chi connectivity index (χ1) is 19.2. The molecule has 0 N–H and O–H groups in total. The molecule has 2 saturated carbocycles. The second-order valence-corrected chi connectivity index (χ2v) is 14.9. The number of ketones is 1. The number of aromatic nitrogens is 1. The van der Waals surface area contributed by atoms with Gasteiger partial charge in [0.1, 0.15) is 17.2 Å². The van der Waals surface area contributed by atoms with Gasteiger partial charge in [0.05, 0.1) is 23.0 Å². The van der Waals surface area contributed by atoms with E-state index in [0.717, 1.165) is 80.0 Å². The normalized spacial score (nSPS) is 27.1. The van der Waals surface area contributed by atoms with Crippen LogP contribution in [0, 0.1) is 22.7 Å². The summed E-state index contributed by atoms with van der Waals surface area (Å²) in [5, 5.41) is 9.62. The quantitative estimate of drug-likeness (QED) is 0.451. The van der Waals surface area contributed by atoms with Crippen molar-refractivity contribution in [1.82, 2.24) is 4.98 Å². The SMILES string of the molecule is CC1(c2nc(-c3ccc(N4CCS(=O)(=O)CC4)cc3)c([C@@H]3CCCC[C@H]3C(=O)CC3(C#N)CC3)o2)CCOCC1. The van der Waals surface area contributed by atoms with E-state index < -0.39 is 15.3 Å². The second-order valence-electron chi connectivity index (χ2n) is 12.6. The predicted molar refractivity (Wildman–Crippen MR) is 152 cm³/mol. The first-order valence-corrected chi connectivity index (χ1v) is 16.6. The summed E-state index contributed by atoms with van der Waals surface area (Å²) in [7, 11) is -2.95. The van der Waals surface area contributed by atoms with Crippen LogP contribution >= 0.6 is 0 Å². The van der Waals surface area contributed by atoms with E-state index in [2.05, 4.69) is 17.9 Å². The van der Waals surface area contributed by atoms with Crippen LogP contribution in [-0.2, 0) is 24.8 Å². The Morgan fingerprint density at radius 1 is 1.07 bits per heavy atom. The molecule has 9 heteroatoms. The van der Waals surface area contributed by atoms with Crippen molar-refractivity contribution >= 4 is 21.3 Å². The molecule has 3 heterocycles. The molecular weight excluding hydrogens is 526 g/mol. The molecule has 0 amide bonds. The number of hydrogen-bond acceptors (Lipinski definition) is 8. The number of hydrogen-bond donors (Lipinski definition) is 0. The summed E-state index contributed by atoms with van der Waals surface area (Å²) < 4.78 is 36.1. The number of carbonyl (C=O) groups is 1. The fourth-order valence-electron chi connectivity index (χ4n) is 6.66. The minimum absolute atomic E-state index is 0.0533. The molecule has 2 aliphatic carbocycles. The maximum atomic E-state index is 13.6. The summed E-state index contributed by atoms with van der Waals surface area (Å²) in [6.45, 7) is 4.53. The Morgan fingerprint density at radius 3 is 2.40 bits per heavy atom. The lowest BCUT2D eigenvalue weighted by Crippen LogP contribution is -2.40. The van der Waals surface area contributed by atoms with Crippen LogP contribution in [0.3, 0.4) is 0 Å². The molecule has 4 fully saturated rings. The van der Waals surface area contributed by atoms with Gasteiger partial charge >= 0.3 is 0 Å². The highest BCUT2D eigenvalue weighted by atomic mass is 32.2. The van der Waals surface area contributed by atoms with Crippen molar-refractivity contribution in [2.75, 3.05) is 42.7 Å². The van der Waals surface area contributed by atoms with Gasteiger partial charge in [-0.25, -0.2) is 13.4 Å². The van der Waals surface area contributed by atoms with E-state index in [-0.39, 0.29) is 34.5 Å². The summed E-state index contributed by atoms with van der Waals surface area (Å²) in [5.74, 6) is 1.87. The Hall–Kier alpha value is -2.70. The van der Waals surface area contributed by atoms with E-state index >= 15 is 0 Å². The number of ether oxygens (including phenoxy) is 1. The molecule has 1 aromatic carbocycles. The molecule has 0 radical (unpaired) electrons. The summed E-state index contributed by atoms with van der Waals surface area (Å²) in [4.78, 5) is 20.8. The molecule has 0 unspecified atom stereocenters. The lowest BCUT2D eigenvalue weighted by molar-refractivity contribution is -0.125. The van der Waals surface area contributed by atoms with Gasteiger partial charge in [-0.1, -0.05) is 31.9 Å². The molecule has 4 aliphatic rings. The number of nitrogens with zero attached hydrogens (tertiary/aromatic N) is 3. The van der Waals surface area contributed by atoms with Gasteiger partial charge in [0.25, 0.3) is 0 Å². The zero-order valence-electron chi connectivity index (χ0n) is 23.4. The van der Waals surface area contributed by atoms with Crippen molar-refractivity contribution in [1.29, 1.82) is 5.26 Å². The Labute approximate surface area is 237 Å². The standard InChI is InChI=1S/C31H39N3O5S/c1-30(12-16-38-17-13-30)29-33-27(22-6-8-23(9-7-22)34-14-18-40(36,37)19-15-34)28(39-29)25-5-3-2-4-24(25)26(35)20-31(21-32)10-11-31/h6-9,24-25H,2-5,10-20H2,1H3/t24-,25-/m1/s1. The van der Waals surface area contributed by atoms with Crippen LogP contribution in [-0.4, -0.2) is 57.0 Å². The van der Waals surface area contributed by atoms with Crippen molar-refractivity contribution in [2.45, 2.75) is 76.0 Å². The van der Waals surface area contributed by atoms with E-state index in [1.807, 2.05) is 24.3 Å². The van der Waals surface area contributed by atoms with Crippen LogP contribution in [0.2, 0.25) is 0 Å². The van der Waals surface area contributed by atoms with Crippen LogP contribution < -0.4 is 4.90 Å². The second kappa shape index (κ2) is 10.6. The first-order valence-electron chi connectivity index (χ1n) is 14.8. The largest absolute Gasteiger partial charge is 0.444 e. The monoisotopic (exact) mass is 565 g/mol. The number of anilines is 1. The summed E-state index contributed by atoms with van der Waals surface area (Å²) >= 11 is 0. The van der Waals surface area contributed by atoms with Gasteiger partial charge in [-0.15, -0.1) is 0 Å². The van der Waals surface area contributed by atoms with E-state index in [4.69, 9.17) is 14.1 Å². The van der Waals surface area contributed by atoms with Gasteiger partial charge in [0, 0.05) is 61.2 Å². The van der Waals surface area contributed by atoms with E-state index in [9.17, 15) is 18.5 Å². The van der Waals surface area contributed by atoms with Crippen LogP contribution in [0.15, 0.2) is 28.7 Å². The fraction of sp³-hybridized carbons (Fsp3) is 0.645. The molecule has 40 heavy (non-hydrogen) atoms. The highest BCUT2D eigenvalue weighted by Gasteiger charge is 2.48. The molecule has 6 rings (SSSR count). The van der Waals surface area contributed by atoms with Gasteiger partial charge in [-0.2, -0.15) is 5.26 Å². The molecule has 2 aliphatic heterocycles. The van der Waals surface area contributed by atoms with Crippen LogP contribution in [0.5, 0.6) is 0 Å². The Balaban J connectivity index is 1.33.